The number of carbonyl (C=O) groups is 3. The molecule has 1 saturated heterocycles. The van der Waals surface area contributed by atoms with Crippen molar-refractivity contribution < 1.29 is 23.9 Å². The molecule has 1 aliphatic heterocycles. The van der Waals surface area contributed by atoms with Crippen LogP contribution >= 0.6 is 46.0 Å². The van der Waals surface area contributed by atoms with Crippen LogP contribution in [0.5, 0.6) is 5.75 Å². The van der Waals surface area contributed by atoms with Crippen molar-refractivity contribution in [3.05, 3.63) is 61.5 Å². The van der Waals surface area contributed by atoms with Crippen LogP contribution in [0.1, 0.15) is 5.56 Å². The first-order chi connectivity index (χ1) is 13.4. The molecule has 0 saturated carbocycles. The molecule has 0 atom stereocenters. The number of esters is 1. The van der Waals surface area contributed by atoms with Crippen LogP contribution in [0, 0.1) is 3.57 Å². The summed E-state index contributed by atoms with van der Waals surface area (Å²) in [6, 6.07) is 11.7. The summed E-state index contributed by atoms with van der Waals surface area (Å²) < 4.78 is 10.7. The molecule has 144 valence electrons. The predicted molar refractivity (Wildman–Crippen MR) is 117 cm³/mol. The minimum absolute atomic E-state index is 0.189. The number of carbonyl (C=O) groups excluding carboxylic acids is 3. The van der Waals surface area contributed by atoms with Gasteiger partial charge in [-0.2, -0.15) is 0 Å². The average Bonchev–Trinajstić information content (AvgIpc) is 2.95. The first kappa shape index (κ1) is 20.7. The molecule has 1 fully saturated rings. The van der Waals surface area contributed by atoms with E-state index in [0.29, 0.717) is 21.4 Å². The summed E-state index contributed by atoms with van der Waals surface area (Å²) in [7, 11) is 1.29. The zero-order valence-electron chi connectivity index (χ0n) is 14.5. The van der Waals surface area contributed by atoms with Gasteiger partial charge < -0.3 is 9.47 Å². The third-order valence-corrected chi connectivity index (χ3v) is 5.67. The highest BCUT2D eigenvalue weighted by Crippen LogP contribution is 2.36. The van der Waals surface area contributed by atoms with Crippen molar-refractivity contribution in [3.63, 3.8) is 0 Å². The Bertz CT molecular complexity index is 977. The van der Waals surface area contributed by atoms with Crippen LogP contribution in [0.15, 0.2) is 47.4 Å². The quantitative estimate of drug-likeness (QED) is 0.317. The van der Waals surface area contributed by atoms with Gasteiger partial charge in [0.25, 0.3) is 11.1 Å². The fourth-order valence-corrected chi connectivity index (χ4v) is 4.01. The van der Waals surface area contributed by atoms with E-state index in [2.05, 4.69) is 27.3 Å². The SMILES string of the molecule is COC(=O)COc1ccc(/C=C2/SC(=O)N(c3ccc(Cl)cc3)C2=O)cc1I. The topological polar surface area (TPSA) is 72.9 Å². The van der Waals surface area contributed by atoms with Gasteiger partial charge in [-0.1, -0.05) is 17.7 Å². The zero-order valence-corrected chi connectivity index (χ0v) is 18.2. The number of hydrogen-bond acceptors (Lipinski definition) is 6. The van der Waals surface area contributed by atoms with Gasteiger partial charge >= 0.3 is 5.97 Å². The van der Waals surface area contributed by atoms with E-state index in [1.54, 1.807) is 48.5 Å². The Morgan fingerprint density at radius 1 is 1.21 bits per heavy atom. The number of nitrogens with zero attached hydrogens (tertiary/aromatic N) is 1. The molecule has 2 aromatic carbocycles. The molecule has 0 aliphatic carbocycles. The Balaban J connectivity index is 1.79. The number of imide groups is 1. The highest BCUT2D eigenvalue weighted by atomic mass is 127. The molecule has 0 radical (unpaired) electrons. The van der Waals surface area contributed by atoms with E-state index in [-0.39, 0.29) is 11.8 Å². The molecule has 1 heterocycles. The fraction of sp³-hybridized carbons (Fsp3) is 0.105. The van der Waals surface area contributed by atoms with Gasteiger partial charge in [-0.05, 0) is 82.4 Å². The normalized spacial score (nSPS) is 15.2. The van der Waals surface area contributed by atoms with Gasteiger partial charge in [-0.15, -0.1) is 0 Å². The second-order valence-corrected chi connectivity index (χ2v) is 8.14. The van der Waals surface area contributed by atoms with Crippen molar-refractivity contribution in [2.24, 2.45) is 0 Å². The second kappa shape index (κ2) is 8.97. The molecular weight excluding hydrogens is 517 g/mol. The molecule has 0 bridgehead atoms. The third kappa shape index (κ3) is 4.68. The number of thioether (sulfide) groups is 1. The van der Waals surface area contributed by atoms with E-state index in [9.17, 15) is 14.4 Å². The smallest absolute Gasteiger partial charge is 0.343 e. The lowest BCUT2D eigenvalue weighted by atomic mass is 10.2. The van der Waals surface area contributed by atoms with Crippen LogP contribution in [-0.2, 0) is 14.3 Å². The monoisotopic (exact) mass is 529 g/mol. The first-order valence-electron chi connectivity index (χ1n) is 7.91. The van der Waals surface area contributed by atoms with E-state index >= 15 is 0 Å². The highest BCUT2D eigenvalue weighted by Gasteiger charge is 2.36. The van der Waals surface area contributed by atoms with Crippen molar-refractivity contribution in [3.8, 4) is 5.75 Å². The number of halogens is 2. The number of ether oxygens (including phenoxy) is 2. The number of methoxy groups -OCH3 is 1. The summed E-state index contributed by atoms with van der Waals surface area (Å²) in [4.78, 5) is 37.6. The number of amides is 2. The number of rotatable bonds is 5. The lowest BCUT2D eigenvalue weighted by molar-refractivity contribution is -0.142. The number of hydrogen-bond donors (Lipinski definition) is 0. The Morgan fingerprint density at radius 2 is 1.93 bits per heavy atom. The number of benzene rings is 2. The van der Waals surface area contributed by atoms with Crippen molar-refractivity contribution in [1.82, 2.24) is 0 Å². The van der Waals surface area contributed by atoms with Crippen molar-refractivity contribution in [2.75, 3.05) is 18.6 Å². The summed E-state index contributed by atoms with van der Waals surface area (Å²) in [6.07, 6.45) is 1.65. The molecular formula is C19H13ClINO5S. The van der Waals surface area contributed by atoms with E-state index in [0.717, 1.165) is 25.8 Å². The molecule has 9 heteroatoms. The van der Waals surface area contributed by atoms with Crippen LogP contribution in [0.4, 0.5) is 10.5 Å². The molecule has 0 N–H and O–H groups in total. The van der Waals surface area contributed by atoms with E-state index in [1.165, 1.54) is 7.11 Å². The molecule has 0 unspecified atom stereocenters. The average molecular weight is 530 g/mol. The van der Waals surface area contributed by atoms with Crippen molar-refractivity contribution in [2.45, 2.75) is 0 Å². The molecule has 2 aromatic rings. The zero-order chi connectivity index (χ0) is 20.3. The lowest BCUT2D eigenvalue weighted by Crippen LogP contribution is -2.27. The molecule has 0 aromatic heterocycles. The van der Waals surface area contributed by atoms with E-state index in [4.69, 9.17) is 16.3 Å². The molecule has 6 nitrogen and oxygen atoms in total. The summed E-state index contributed by atoms with van der Waals surface area (Å²) in [5.41, 5.74) is 1.20. The summed E-state index contributed by atoms with van der Waals surface area (Å²) >= 11 is 8.80. The maximum absolute atomic E-state index is 12.7. The van der Waals surface area contributed by atoms with Gasteiger partial charge in [0, 0.05) is 5.02 Å². The molecule has 0 spiro atoms. The van der Waals surface area contributed by atoms with E-state index < -0.39 is 11.9 Å². The van der Waals surface area contributed by atoms with Gasteiger partial charge in [-0.3, -0.25) is 9.59 Å². The van der Waals surface area contributed by atoms with Crippen LogP contribution < -0.4 is 9.64 Å². The van der Waals surface area contributed by atoms with Crippen LogP contribution in [0.3, 0.4) is 0 Å². The Kier molecular flexibility index (Phi) is 6.63. The minimum atomic E-state index is -0.476. The molecule has 28 heavy (non-hydrogen) atoms. The molecule has 3 rings (SSSR count). The van der Waals surface area contributed by atoms with Crippen LogP contribution in [0.25, 0.3) is 6.08 Å². The maximum atomic E-state index is 12.7. The third-order valence-electron chi connectivity index (χ3n) is 3.71. The summed E-state index contributed by atoms with van der Waals surface area (Å²) in [5.74, 6) is -0.341. The lowest BCUT2D eigenvalue weighted by Gasteiger charge is -2.12. The summed E-state index contributed by atoms with van der Waals surface area (Å²) in [6.45, 7) is -0.189. The largest absolute Gasteiger partial charge is 0.481 e. The van der Waals surface area contributed by atoms with Crippen LogP contribution in [0.2, 0.25) is 5.02 Å². The Hall–Kier alpha value is -2.04. The predicted octanol–water partition coefficient (Wildman–Crippen LogP) is 4.74. The highest BCUT2D eigenvalue weighted by molar-refractivity contribution is 14.1. The van der Waals surface area contributed by atoms with Gasteiger partial charge in [0.2, 0.25) is 0 Å². The second-order valence-electron chi connectivity index (χ2n) is 5.55. The van der Waals surface area contributed by atoms with Gasteiger partial charge in [0.05, 0.1) is 21.3 Å². The number of anilines is 1. The Labute approximate surface area is 184 Å². The molecule has 2 amide bonds. The fourth-order valence-electron chi connectivity index (χ4n) is 2.35. The minimum Gasteiger partial charge on any atom is -0.481 e. The van der Waals surface area contributed by atoms with Crippen LogP contribution in [-0.4, -0.2) is 30.8 Å². The van der Waals surface area contributed by atoms with Crippen molar-refractivity contribution in [1.29, 1.82) is 0 Å². The maximum Gasteiger partial charge on any atom is 0.343 e. The summed E-state index contributed by atoms with van der Waals surface area (Å²) in [5, 5.41) is 0.154. The van der Waals surface area contributed by atoms with Gasteiger partial charge in [0.1, 0.15) is 5.75 Å². The van der Waals surface area contributed by atoms with Gasteiger partial charge in [-0.25, -0.2) is 9.69 Å². The molecule has 1 aliphatic rings. The van der Waals surface area contributed by atoms with Gasteiger partial charge in [0.15, 0.2) is 6.61 Å². The standard InChI is InChI=1S/C19H13ClINO5S/c1-26-17(23)10-27-15-7-2-11(8-14(15)21)9-16-18(24)22(19(25)28-16)13-5-3-12(20)4-6-13/h2-9H,10H2,1H3/b16-9+. The first-order valence-corrected chi connectivity index (χ1v) is 10.2. The Morgan fingerprint density at radius 3 is 2.57 bits per heavy atom. The van der Waals surface area contributed by atoms with E-state index in [1.807, 2.05) is 0 Å². The van der Waals surface area contributed by atoms with Crippen molar-refractivity contribution >= 4 is 74.8 Å².